The number of aryl methyl sites for hydroxylation is 1. The first-order chi connectivity index (χ1) is 9.00. The Bertz CT molecular complexity index is 488. The van der Waals surface area contributed by atoms with Crippen LogP contribution >= 0.6 is 0 Å². The van der Waals surface area contributed by atoms with Crippen molar-refractivity contribution in [1.82, 2.24) is 0 Å². The van der Waals surface area contributed by atoms with Crippen LogP contribution in [-0.2, 0) is 5.41 Å². The molecule has 104 valence electrons. The molecule has 3 nitrogen and oxygen atoms in total. The first kappa shape index (κ1) is 14.1. The summed E-state index contributed by atoms with van der Waals surface area (Å²) >= 11 is 0. The van der Waals surface area contributed by atoms with Crippen LogP contribution in [0.3, 0.4) is 0 Å². The molecule has 0 aromatic heterocycles. The van der Waals surface area contributed by atoms with E-state index in [0.29, 0.717) is 12.1 Å². The predicted octanol–water partition coefficient (Wildman–Crippen LogP) is 3.16. The van der Waals surface area contributed by atoms with Crippen molar-refractivity contribution in [3.8, 4) is 0 Å². The zero-order valence-corrected chi connectivity index (χ0v) is 11.8. The normalized spacial score (nSPS) is 18.3. The third-order valence-corrected chi connectivity index (χ3v) is 4.71. The predicted molar refractivity (Wildman–Crippen MR) is 76.7 cm³/mol. The molecule has 1 fully saturated rings. The molecule has 0 bridgehead atoms. The summed E-state index contributed by atoms with van der Waals surface area (Å²) in [5, 5.41) is 9.34. The van der Waals surface area contributed by atoms with Crippen LogP contribution in [0.15, 0.2) is 12.1 Å². The van der Waals surface area contributed by atoms with E-state index in [9.17, 15) is 9.90 Å². The molecule has 1 saturated carbocycles. The molecule has 0 saturated heterocycles. The highest BCUT2D eigenvalue weighted by atomic mass is 16.4. The molecule has 1 aromatic carbocycles. The van der Waals surface area contributed by atoms with Crippen molar-refractivity contribution in [3.05, 3.63) is 34.4 Å². The SMILES string of the molecule is Cc1cc(C2(CN)CCCCC2)cc(C(=O)O)c1C. The minimum atomic E-state index is -0.842. The van der Waals surface area contributed by atoms with E-state index in [4.69, 9.17) is 5.73 Å². The van der Waals surface area contributed by atoms with Gasteiger partial charge in [-0.3, -0.25) is 0 Å². The number of hydrogen-bond donors (Lipinski definition) is 2. The Morgan fingerprint density at radius 2 is 1.89 bits per heavy atom. The van der Waals surface area contributed by atoms with Crippen molar-refractivity contribution in [2.75, 3.05) is 6.54 Å². The van der Waals surface area contributed by atoms with E-state index in [2.05, 4.69) is 6.07 Å². The van der Waals surface area contributed by atoms with Crippen molar-refractivity contribution in [1.29, 1.82) is 0 Å². The minimum absolute atomic E-state index is 0.0130. The zero-order valence-electron chi connectivity index (χ0n) is 11.8. The summed E-state index contributed by atoms with van der Waals surface area (Å²) in [7, 11) is 0. The number of carboxylic acid groups (broad SMARTS) is 1. The highest BCUT2D eigenvalue weighted by molar-refractivity contribution is 5.90. The smallest absolute Gasteiger partial charge is 0.335 e. The van der Waals surface area contributed by atoms with Gasteiger partial charge in [0.2, 0.25) is 0 Å². The van der Waals surface area contributed by atoms with Gasteiger partial charge in [-0.2, -0.15) is 0 Å². The third-order valence-electron chi connectivity index (χ3n) is 4.71. The van der Waals surface area contributed by atoms with E-state index in [0.717, 1.165) is 29.5 Å². The van der Waals surface area contributed by atoms with Crippen molar-refractivity contribution >= 4 is 5.97 Å². The van der Waals surface area contributed by atoms with Gasteiger partial charge < -0.3 is 10.8 Å². The van der Waals surface area contributed by atoms with E-state index in [1.807, 2.05) is 19.9 Å². The summed E-state index contributed by atoms with van der Waals surface area (Å²) in [6.07, 6.45) is 5.79. The monoisotopic (exact) mass is 261 g/mol. The molecule has 1 aliphatic rings. The number of nitrogens with two attached hydrogens (primary N) is 1. The fourth-order valence-electron chi connectivity index (χ4n) is 3.23. The molecule has 1 aliphatic carbocycles. The van der Waals surface area contributed by atoms with Crippen molar-refractivity contribution in [2.45, 2.75) is 51.4 Å². The first-order valence-electron chi connectivity index (χ1n) is 7.05. The number of carbonyl (C=O) groups is 1. The molecular weight excluding hydrogens is 238 g/mol. The molecule has 0 amide bonds. The van der Waals surface area contributed by atoms with Gasteiger partial charge in [-0.1, -0.05) is 25.3 Å². The van der Waals surface area contributed by atoms with Gasteiger partial charge in [0.1, 0.15) is 0 Å². The van der Waals surface area contributed by atoms with Gasteiger partial charge in [0.05, 0.1) is 5.56 Å². The van der Waals surface area contributed by atoms with E-state index in [-0.39, 0.29) is 5.41 Å². The van der Waals surface area contributed by atoms with Gasteiger partial charge in [0, 0.05) is 12.0 Å². The quantitative estimate of drug-likeness (QED) is 0.878. The van der Waals surface area contributed by atoms with Crippen LogP contribution in [0.4, 0.5) is 0 Å². The summed E-state index contributed by atoms with van der Waals surface area (Å²) in [6.45, 7) is 4.46. The average Bonchev–Trinajstić information content (AvgIpc) is 2.42. The van der Waals surface area contributed by atoms with Crippen LogP contribution in [0.2, 0.25) is 0 Å². The Kier molecular flexibility index (Phi) is 3.95. The largest absolute Gasteiger partial charge is 0.478 e. The van der Waals surface area contributed by atoms with Gasteiger partial charge in [0.25, 0.3) is 0 Å². The van der Waals surface area contributed by atoms with Crippen LogP contribution in [0.1, 0.15) is 59.2 Å². The summed E-state index contributed by atoms with van der Waals surface area (Å²) in [6, 6.07) is 3.99. The number of carboxylic acids is 1. The van der Waals surface area contributed by atoms with Crippen molar-refractivity contribution in [3.63, 3.8) is 0 Å². The lowest BCUT2D eigenvalue weighted by Gasteiger charge is -2.37. The molecule has 2 rings (SSSR count). The third kappa shape index (κ3) is 2.52. The number of hydrogen-bond acceptors (Lipinski definition) is 2. The van der Waals surface area contributed by atoms with Crippen molar-refractivity contribution < 1.29 is 9.90 Å². The zero-order chi connectivity index (χ0) is 14.0. The maximum absolute atomic E-state index is 11.4. The Hall–Kier alpha value is -1.35. The number of rotatable bonds is 3. The number of benzene rings is 1. The second-order valence-electron chi connectivity index (χ2n) is 5.82. The van der Waals surface area contributed by atoms with Crippen LogP contribution < -0.4 is 5.73 Å². The van der Waals surface area contributed by atoms with Crippen LogP contribution in [0, 0.1) is 13.8 Å². The van der Waals surface area contributed by atoms with E-state index in [1.165, 1.54) is 19.3 Å². The molecule has 0 heterocycles. The molecule has 0 radical (unpaired) electrons. The van der Waals surface area contributed by atoms with Gasteiger partial charge in [0.15, 0.2) is 0 Å². The highest BCUT2D eigenvalue weighted by Crippen LogP contribution is 2.39. The van der Waals surface area contributed by atoms with Gasteiger partial charge >= 0.3 is 5.97 Å². The lowest BCUT2D eigenvalue weighted by atomic mass is 9.68. The molecule has 3 heteroatoms. The lowest BCUT2D eigenvalue weighted by Crippen LogP contribution is -2.37. The topological polar surface area (TPSA) is 63.3 Å². The Morgan fingerprint density at radius 3 is 2.42 bits per heavy atom. The lowest BCUT2D eigenvalue weighted by molar-refractivity contribution is 0.0695. The highest BCUT2D eigenvalue weighted by Gasteiger charge is 2.33. The van der Waals surface area contributed by atoms with Crippen molar-refractivity contribution in [2.24, 2.45) is 5.73 Å². The second kappa shape index (κ2) is 5.33. The molecule has 0 spiro atoms. The fraction of sp³-hybridized carbons (Fsp3) is 0.562. The Labute approximate surface area is 114 Å². The van der Waals surface area contributed by atoms with Crippen LogP contribution in [0.5, 0.6) is 0 Å². The Balaban J connectivity index is 2.52. The molecule has 1 aromatic rings. The summed E-state index contributed by atoms with van der Waals surface area (Å²) in [5.41, 5.74) is 9.48. The molecule has 3 N–H and O–H groups in total. The minimum Gasteiger partial charge on any atom is -0.478 e. The summed E-state index contributed by atoms with van der Waals surface area (Å²) in [5.74, 6) is -0.842. The standard InChI is InChI=1S/C16H23NO2/c1-11-8-13(9-14(12(11)2)15(18)19)16(10-17)6-4-3-5-7-16/h8-9H,3-7,10,17H2,1-2H3,(H,18,19). The fourth-order valence-corrected chi connectivity index (χ4v) is 3.23. The molecule has 0 atom stereocenters. The Morgan fingerprint density at radius 1 is 1.26 bits per heavy atom. The van der Waals surface area contributed by atoms with Gasteiger partial charge in [-0.25, -0.2) is 4.79 Å². The van der Waals surface area contributed by atoms with Crippen LogP contribution in [-0.4, -0.2) is 17.6 Å². The average molecular weight is 261 g/mol. The molecule has 19 heavy (non-hydrogen) atoms. The van der Waals surface area contributed by atoms with Crippen LogP contribution in [0.25, 0.3) is 0 Å². The van der Waals surface area contributed by atoms with Gasteiger partial charge in [-0.05, 0) is 49.4 Å². The summed E-state index contributed by atoms with van der Waals surface area (Å²) < 4.78 is 0. The summed E-state index contributed by atoms with van der Waals surface area (Å²) in [4.78, 5) is 11.4. The number of aromatic carboxylic acids is 1. The first-order valence-corrected chi connectivity index (χ1v) is 7.05. The second-order valence-corrected chi connectivity index (χ2v) is 5.82. The molecule has 0 unspecified atom stereocenters. The van der Waals surface area contributed by atoms with E-state index < -0.39 is 5.97 Å². The van der Waals surface area contributed by atoms with E-state index in [1.54, 1.807) is 0 Å². The maximum atomic E-state index is 11.4. The molecule has 0 aliphatic heterocycles. The molecular formula is C16H23NO2. The maximum Gasteiger partial charge on any atom is 0.335 e. The van der Waals surface area contributed by atoms with Gasteiger partial charge in [-0.15, -0.1) is 0 Å². The van der Waals surface area contributed by atoms with E-state index >= 15 is 0 Å².